The van der Waals surface area contributed by atoms with Crippen LogP contribution in [0.15, 0.2) is 36.4 Å². The Morgan fingerprint density at radius 3 is 2.62 bits per heavy atom. The van der Waals surface area contributed by atoms with Gasteiger partial charge < -0.3 is 9.84 Å². The number of aliphatic hydroxyl groups is 1. The lowest BCUT2D eigenvalue weighted by Gasteiger charge is -2.12. The number of aliphatic hydroxyl groups excluding tert-OH is 1. The van der Waals surface area contributed by atoms with Gasteiger partial charge in [-0.3, -0.25) is 0 Å². The van der Waals surface area contributed by atoms with Crippen molar-refractivity contribution in [2.24, 2.45) is 0 Å². The average molecular weight is 290 g/mol. The highest BCUT2D eigenvalue weighted by molar-refractivity contribution is 5.39. The number of fused-ring (bicyclic) bond motifs is 1. The molecule has 1 heterocycles. The van der Waals surface area contributed by atoms with E-state index in [9.17, 15) is 13.9 Å². The van der Waals surface area contributed by atoms with Gasteiger partial charge in [-0.1, -0.05) is 12.1 Å². The van der Waals surface area contributed by atoms with E-state index in [1.807, 2.05) is 12.1 Å². The Bertz CT molecular complexity index is 635. The van der Waals surface area contributed by atoms with Gasteiger partial charge in [0.25, 0.3) is 0 Å². The molecule has 3 rings (SSSR count). The molecule has 0 aromatic heterocycles. The molecule has 1 atom stereocenters. The number of hydrogen-bond donors (Lipinski definition) is 1. The molecule has 1 aliphatic rings. The average Bonchev–Trinajstić information content (AvgIpc) is 2.91. The summed E-state index contributed by atoms with van der Waals surface area (Å²) >= 11 is 0. The molecule has 1 aliphatic heterocycles. The summed E-state index contributed by atoms with van der Waals surface area (Å²) < 4.78 is 31.7. The van der Waals surface area contributed by atoms with Gasteiger partial charge in [-0.25, -0.2) is 8.78 Å². The predicted molar refractivity (Wildman–Crippen MR) is 75.3 cm³/mol. The molecule has 2 nitrogen and oxygen atoms in total. The molecular formula is C17H16F2O2. The summed E-state index contributed by atoms with van der Waals surface area (Å²) in [5, 5.41) is 10.1. The van der Waals surface area contributed by atoms with Crippen LogP contribution in [0, 0.1) is 11.6 Å². The number of halogens is 2. The summed E-state index contributed by atoms with van der Waals surface area (Å²) in [6.45, 7) is 0.712. The summed E-state index contributed by atoms with van der Waals surface area (Å²) in [5.41, 5.74) is 2.55. The van der Waals surface area contributed by atoms with E-state index in [1.54, 1.807) is 0 Å². The second-order valence-corrected chi connectivity index (χ2v) is 5.30. The Balaban J connectivity index is 1.66. The fraction of sp³-hybridized carbons (Fsp3) is 0.294. The van der Waals surface area contributed by atoms with E-state index in [4.69, 9.17) is 4.74 Å². The Morgan fingerprint density at radius 1 is 1.10 bits per heavy atom. The summed E-state index contributed by atoms with van der Waals surface area (Å²) in [6.07, 6.45) is 1.09. The Morgan fingerprint density at radius 2 is 1.86 bits per heavy atom. The molecule has 2 aromatic rings. The van der Waals surface area contributed by atoms with E-state index in [0.717, 1.165) is 23.8 Å². The lowest BCUT2D eigenvalue weighted by molar-refractivity contribution is 0.167. The molecule has 1 N–H and O–H groups in total. The maximum absolute atomic E-state index is 13.1. The minimum Gasteiger partial charge on any atom is -0.493 e. The largest absolute Gasteiger partial charge is 0.493 e. The zero-order valence-electron chi connectivity index (χ0n) is 11.5. The van der Waals surface area contributed by atoms with Crippen molar-refractivity contribution in [3.05, 3.63) is 64.7 Å². The summed E-state index contributed by atoms with van der Waals surface area (Å²) in [5.74, 6) is -0.413. The topological polar surface area (TPSA) is 29.5 Å². The Kier molecular flexibility index (Phi) is 3.88. The first kappa shape index (κ1) is 14.0. The number of rotatable bonds is 4. The SMILES string of the molecule is OC(CCc1ccc2c(c1)CCO2)c1cc(F)cc(F)c1. The molecule has 0 fully saturated rings. The van der Waals surface area contributed by atoms with Gasteiger partial charge in [-0.15, -0.1) is 0 Å². The van der Waals surface area contributed by atoms with Gasteiger partial charge in [-0.2, -0.15) is 0 Å². The third-order valence-electron chi connectivity index (χ3n) is 3.73. The van der Waals surface area contributed by atoms with E-state index in [1.165, 1.54) is 17.7 Å². The zero-order chi connectivity index (χ0) is 14.8. The minimum absolute atomic E-state index is 0.275. The molecular weight excluding hydrogens is 274 g/mol. The number of benzene rings is 2. The van der Waals surface area contributed by atoms with Crippen LogP contribution in [-0.4, -0.2) is 11.7 Å². The maximum atomic E-state index is 13.1. The van der Waals surface area contributed by atoms with Crippen LogP contribution < -0.4 is 4.74 Å². The molecule has 2 aromatic carbocycles. The van der Waals surface area contributed by atoms with Gasteiger partial charge in [-0.05, 0) is 47.7 Å². The van der Waals surface area contributed by atoms with Crippen LogP contribution in [0.3, 0.4) is 0 Å². The first-order valence-corrected chi connectivity index (χ1v) is 7.00. The maximum Gasteiger partial charge on any atom is 0.126 e. The van der Waals surface area contributed by atoms with Gasteiger partial charge in [0.05, 0.1) is 12.7 Å². The van der Waals surface area contributed by atoms with Gasteiger partial charge in [0.1, 0.15) is 17.4 Å². The molecule has 4 heteroatoms. The Hall–Kier alpha value is -1.94. The van der Waals surface area contributed by atoms with Crippen molar-refractivity contribution in [3.63, 3.8) is 0 Å². The second kappa shape index (κ2) is 5.82. The van der Waals surface area contributed by atoms with Crippen molar-refractivity contribution in [2.45, 2.75) is 25.4 Å². The fourth-order valence-electron chi connectivity index (χ4n) is 2.63. The molecule has 0 spiro atoms. The molecule has 0 aliphatic carbocycles. The van der Waals surface area contributed by atoms with Crippen molar-refractivity contribution in [1.82, 2.24) is 0 Å². The van der Waals surface area contributed by atoms with Crippen LogP contribution in [-0.2, 0) is 12.8 Å². The van der Waals surface area contributed by atoms with E-state index < -0.39 is 17.7 Å². The monoisotopic (exact) mass is 290 g/mol. The highest BCUT2D eigenvalue weighted by Crippen LogP contribution is 2.27. The smallest absolute Gasteiger partial charge is 0.126 e. The van der Waals surface area contributed by atoms with Crippen molar-refractivity contribution in [3.8, 4) is 5.75 Å². The molecule has 0 saturated heterocycles. The lowest BCUT2D eigenvalue weighted by Crippen LogP contribution is -2.01. The molecule has 1 unspecified atom stereocenters. The normalized spacial score (nSPS) is 14.6. The minimum atomic E-state index is -0.875. The Labute approximate surface area is 122 Å². The number of hydrogen-bond acceptors (Lipinski definition) is 2. The van der Waals surface area contributed by atoms with E-state index >= 15 is 0 Å². The standard InChI is InChI=1S/C17H16F2O2/c18-14-8-13(9-15(19)10-14)16(20)3-1-11-2-4-17-12(7-11)5-6-21-17/h2,4,7-10,16,20H,1,3,5-6H2. The molecule has 0 bridgehead atoms. The molecule has 0 amide bonds. The van der Waals surface area contributed by atoms with E-state index in [2.05, 4.69) is 6.07 Å². The van der Waals surface area contributed by atoms with Crippen LogP contribution >= 0.6 is 0 Å². The summed E-state index contributed by atoms with van der Waals surface area (Å²) in [4.78, 5) is 0. The van der Waals surface area contributed by atoms with Crippen LogP contribution in [0.4, 0.5) is 8.78 Å². The first-order valence-electron chi connectivity index (χ1n) is 7.00. The fourth-order valence-corrected chi connectivity index (χ4v) is 2.63. The van der Waals surface area contributed by atoms with Gasteiger partial charge in [0.2, 0.25) is 0 Å². The van der Waals surface area contributed by atoms with E-state index in [0.29, 0.717) is 19.4 Å². The molecule has 110 valence electrons. The zero-order valence-corrected chi connectivity index (χ0v) is 11.5. The summed E-state index contributed by atoms with van der Waals surface area (Å²) in [7, 11) is 0. The van der Waals surface area contributed by atoms with Crippen molar-refractivity contribution < 1.29 is 18.6 Å². The van der Waals surface area contributed by atoms with Crippen molar-refractivity contribution in [1.29, 1.82) is 0 Å². The molecule has 0 saturated carbocycles. The van der Waals surface area contributed by atoms with Crippen molar-refractivity contribution >= 4 is 0 Å². The quantitative estimate of drug-likeness (QED) is 0.933. The van der Waals surface area contributed by atoms with Crippen LogP contribution in [0.5, 0.6) is 5.75 Å². The number of aryl methyl sites for hydroxylation is 1. The van der Waals surface area contributed by atoms with E-state index in [-0.39, 0.29) is 5.56 Å². The number of ether oxygens (including phenoxy) is 1. The summed E-state index contributed by atoms with van der Waals surface area (Å²) in [6, 6.07) is 9.11. The van der Waals surface area contributed by atoms with Crippen molar-refractivity contribution in [2.75, 3.05) is 6.61 Å². The van der Waals surface area contributed by atoms with Crippen LogP contribution in [0.1, 0.15) is 29.2 Å². The van der Waals surface area contributed by atoms with Crippen LogP contribution in [0.2, 0.25) is 0 Å². The second-order valence-electron chi connectivity index (χ2n) is 5.30. The highest BCUT2D eigenvalue weighted by Gasteiger charge is 2.14. The lowest BCUT2D eigenvalue weighted by atomic mass is 9.99. The predicted octanol–water partition coefficient (Wildman–Crippen LogP) is 3.57. The van der Waals surface area contributed by atoms with Crippen LogP contribution in [0.25, 0.3) is 0 Å². The third kappa shape index (κ3) is 3.22. The molecule has 21 heavy (non-hydrogen) atoms. The van der Waals surface area contributed by atoms with Gasteiger partial charge in [0, 0.05) is 12.5 Å². The third-order valence-corrected chi connectivity index (χ3v) is 3.73. The van der Waals surface area contributed by atoms with Gasteiger partial charge in [0.15, 0.2) is 0 Å². The first-order chi connectivity index (χ1) is 10.1. The van der Waals surface area contributed by atoms with Gasteiger partial charge >= 0.3 is 0 Å². The highest BCUT2D eigenvalue weighted by atomic mass is 19.1. The molecule has 0 radical (unpaired) electrons.